The minimum atomic E-state index is -0.0561. The zero-order valence-electron chi connectivity index (χ0n) is 14.2. The van der Waals surface area contributed by atoms with Gasteiger partial charge in [-0.3, -0.25) is 4.79 Å². The fourth-order valence-corrected chi connectivity index (χ4v) is 4.37. The minimum absolute atomic E-state index is 0.0561. The van der Waals surface area contributed by atoms with Gasteiger partial charge in [0.05, 0.1) is 16.6 Å². The summed E-state index contributed by atoms with van der Waals surface area (Å²) in [6.45, 7) is 2.12. The highest BCUT2D eigenvalue weighted by atomic mass is 32.1. The molecule has 0 atom stereocenters. The zero-order chi connectivity index (χ0) is 17.9. The molecule has 0 unspecified atom stereocenters. The molecule has 2 heterocycles. The molecular weight excluding hydrogens is 362 g/mol. The molecule has 2 aromatic heterocycles. The van der Waals surface area contributed by atoms with Crippen LogP contribution >= 0.6 is 22.7 Å². The molecule has 130 valence electrons. The van der Waals surface area contributed by atoms with Gasteiger partial charge in [-0.1, -0.05) is 43.3 Å². The van der Waals surface area contributed by atoms with Crippen molar-refractivity contribution in [2.75, 3.05) is 5.32 Å². The van der Waals surface area contributed by atoms with E-state index in [1.807, 2.05) is 35.7 Å². The summed E-state index contributed by atoms with van der Waals surface area (Å²) >= 11 is 3.03. The number of carbonyl (C=O) groups excluding carboxylic acids is 1. The number of para-hydroxylation sites is 1. The van der Waals surface area contributed by atoms with Gasteiger partial charge in [-0.25, -0.2) is 9.97 Å². The van der Waals surface area contributed by atoms with Gasteiger partial charge >= 0.3 is 0 Å². The molecular formula is C20H17N3OS2. The van der Waals surface area contributed by atoms with Crippen LogP contribution in [0.25, 0.3) is 20.9 Å². The Balaban J connectivity index is 1.44. The molecule has 4 nitrogen and oxygen atoms in total. The van der Waals surface area contributed by atoms with Crippen LogP contribution < -0.4 is 5.32 Å². The van der Waals surface area contributed by atoms with Crippen LogP contribution in [-0.2, 0) is 17.6 Å². The maximum absolute atomic E-state index is 12.3. The van der Waals surface area contributed by atoms with Crippen molar-refractivity contribution in [1.82, 2.24) is 9.97 Å². The number of hydrogen-bond acceptors (Lipinski definition) is 5. The van der Waals surface area contributed by atoms with Gasteiger partial charge in [0.25, 0.3) is 0 Å². The van der Waals surface area contributed by atoms with E-state index in [4.69, 9.17) is 0 Å². The molecule has 1 amide bonds. The Kier molecular flexibility index (Phi) is 4.77. The molecule has 1 N–H and O–H groups in total. The normalized spacial score (nSPS) is 11.0. The second-order valence-electron chi connectivity index (χ2n) is 5.92. The number of rotatable bonds is 5. The number of nitrogens with zero attached hydrogens (tertiary/aromatic N) is 2. The first kappa shape index (κ1) is 16.9. The molecule has 0 saturated carbocycles. The predicted octanol–water partition coefficient (Wildman–Crippen LogP) is 5.16. The van der Waals surface area contributed by atoms with E-state index in [1.54, 1.807) is 11.3 Å². The first-order valence-corrected chi connectivity index (χ1v) is 10.1. The molecule has 0 radical (unpaired) electrons. The number of amides is 1. The quantitative estimate of drug-likeness (QED) is 0.521. The van der Waals surface area contributed by atoms with Gasteiger partial charge in [0.15, 0.2) is 5.13 Å². The number of thiazole rings is 2. The summed E-state index contributed by atoms with van der Waals surface area (Å²) in [6, 6.07) is 16.2. The lowest BCUT2D eigenvalue weighted by atomic mass is 10.1. The number of hydrogen-bond donors (Lipinski definition) is 1. The summed E-state index contributed by atoms with van der Waals surface area (Å²) in [7, 11) is 0. The van der Waals surface area contributed by atoms with Crippen molar-refractivity contribution in [2.45, 2.75) is 19.8 Å². The van der Waals surface area contributed by atoms with E-state index in [9.17, 15) is 4.79 Å². The van der Waals surface area contributed by atoms with Crippen molar-refractivity contribution >= 4 is 43.9 Å². The summed E-state index contributed by atoms with van der Waals surface area (Å²) in [5.41, 5.74) is 4.05. The van der Waals surface area contributed by atoms with E-state index >= 15 is 0 Å². The van der Waals surface area contributed by atoms with Crippen LogP contribution in [0, 0.1) is 0 Å². The largest absolute Gasteiger partial charge is 0.302 e. The average molecular weight is 380 g/mol. The molecule has 0 aliphatic rings. The second-order valence-corrected chi connectivity index (χ2v) is 7.81. The number of benzene rings is 2. The van der Waals surface area contributed by atoms with Crippen LogP contribution in [-0.4, -0.2) is 15.9 Å². The van der Waals surface area contributed by atoms with Crippen molar-refractivity contribution < 1.29 is 4.79 Å². The second kappa shape index (κ2) is 7.35. The summed E-state index contributed by atoms with van der Waals surface area (Å²) in [6.07, 6.45) is 1.35. The standard InChI is InChI=1S/C20H17N3OS2/c1-2-13-7-9-14(10-8-13)11-18(24)23-20-22-16(12-25-20)19-21-15-5-3-4-6-17(15)26-19/h3-10,12H,2,11H2,1H3,(H,22,23,24). The van der Waals surface area contributed by atoms with Gasteiger partial charge in [0.2, 0.25) is 5.91 Å². The lowest BCUT2D eigenvalue weighted by Gasteiger charge is -2.03. The Hall–Kier alpha value is -2.57. The van der Waals surface area contributed by atoms with Crippen molar-refractivity contribution in [3.8, 4) is 10.7 Å². The molecule has 2 aromatic carbocycles. The van der Waals surface area contributed by atoms with E-state index in [0.717, 1.165) is 32.9 Å². The molecule has 0 aliphatic heterocycles. The number of anilines is 1. The Labute approximate surface area is 159 Å². The fraction of sp³-hybridized carbons (Fsp3) is 0.150. The van der Waals surface area contributed by atoms with Crippen molar-refractivity contribution in [3.05, 3.63) is 65.0 Å². The molecule has 0 spiro atoms. The predicted molar refractivity (Wildman–Crippen MR) is 109 cm³/mol. The smallest absolute Gasteiger partial charge is 0.230 e. The third-order valence-corrected chi connectivity index (χ3v) is 5.88. The molecule has 0 fully saturated rings. The Morgan fingerprint density at radius 2 is 1.81 bits per heavy atom. The minimum Gasteiger partial charge on any atom is -0.302 e. The van der Waals surface area contributed by atoms with E-state index in [1.165, 1.54) is 16.9 Å². The first-order valence-electron chi connectivity index (χ1n) is 8.40. The molecule has 0 bridgehead atoms. The van der Waals surface area contributed by atoms with Gasteiger partial charge in [-0.05, 0) is 29.7 Å². The van der Waals surface area contributed by atoms with E-state index < -0.39 is 0 Å². The SMILES string of the molecule is CCc1ccc(CC(=O)Nc2nc(-c3nc4ccccc4s3)cs2)cc1. The topological polar surface area (TPSA) is 54.9 Å². The highest BCUT2D eigenvalue weighted by molar-refractivity contribution is 7.22. The van der Waals surface area contributed by atoms with Crippen LogP contribution in [0.3, 0.4) is 0 Å². The number of aryl methyl sites for hydroxylation is 1. The molecule has 4 aromatic rings. The Morgan fingerprint density at radius 1 is 1.04 bits per heavy atom. The Bertz CT molecular complexity index is 1020. The van der Waals surface area contributed by atoms with Gasteiger partial charge in [-0.15, -0.1) is 22.7 Å². The summed E-state index contributed by atoms with van der Waals surface area (Å²) in [5, 5.41) is 6.30. The maximum Gasteiger partial charge on any atom is 0.230 e. The van der Waals surface area contributed by atoms with Crippen LogP contribution in [0.2, 0.25) is 0 Å². The third kappa shape index (κ3) is 3.66. The third-order valence-electron chi connectivity index (χ3n) is 4.06. The van der Waals surface area contributed by atoms with E-state index in [2.05, 4.69) is 40.4 Å². The average Bonchev–Trinajstić information content (AvgIpc) is 3.28. The maximum atomic E-state index is 12.3. The Morgan fingerprint density at radius 3 is 2.58 bits per heavy atom. The first-order chi connectivity index (χ1) is 12.7. The zero-order valence-corrected chi connectivity index (χ0v) is 15.9. The number of fused-ring (bicyclic) bond motifs is 1. The summed E-state index contributed by atoms with van der Waals surface area (Å²) < 4.78 is 1.14. The molecule has 4 rings (SSSR count). The van der Waals surface area contributed by atoms with Crippen molar-refractivity contribution in [2.24, 2.45) is 0 Å². The van der Waals surface area contributed by atoms with Crippen molar-refractivity contribution in [1.29, 1.82) is 0 Å². The van der Waals surface area contributed by atoms with Crippen LogP contribution in [0.1, 0.15) is 18.1 Å². The van der Waals surface area contributed by atoms with Crippen LogP contribution in [0.5, 0.6) is 0 Å². The number of carbonyl (C=O) groups is 1. The lowest BCUT2D eigenvalue weighted by molar-refractivity contribution is -0.115. The molecule has 6 heteroatoms. The van der Waals surface area contributed by atoms with Gasteiger partial charge in [0.1, 0.15) is 10.7 Å². The summed E-state index contributed by atoms with van der Waals surface area (Å²) in [5.74, 6) is -0.0561. The fourth-order valence-electron chi connectivity index (χ4n) is 2.65. The van der Waals surface area contributed by atoms with Crippen LogP contribution in [0.15, 0.2) is 53.9 Å². The molecule has 0 aliphatic carbocycles. The lowest BCUT2D eigenvalue weighted by Crippen LogP contribution is -2.14. The highest BCUT2D eigenvalue weighted by Gasteiger charge is 2.12. The monoisotopic (exact) mass is 379 g/mol. The van der Waals surface area contributed by atoms with Gasteiger partial charge < -0.3 is 5.32 Å². The highest BCUT2D eigenvalue weighted by Crippen LogP contribution is 2.31. The number of nitrogens with one attached hydrogen (secondary N) is 1. The number of aromatic nitrogens is 2. The van der Waals surface area contributed by atoms with Crippen molar-refractivity contribution in [3.63, 3.8) is 0 Å². The van der Waals surface area contributed by atoms with Crippen LogP contribution in [0.4, 0.5) is 5.13 Å². The van der Waals surface area contributed by atoms with Gasteiger partial charge in [-0.2, -0.15) is 0 Å². The van der Waals surface area contributed by atoms with Gasteiger partial charge in [0, 0.05) is 5.38 Å². The molecule has 26 heavy (non-hydrogen) atoms. The summed E-state index contributed by atoms with van der Waals surface area (Å²) in [4.78, 5) is 21.4. The van der Waals surface area contributed by atoms with E-state index in [-0.39, 0.29) is 5.91 Å². The molecule has 0 saturated heterocycles. The van der Waals surface area contributed by atoms with E-state index in [0.29, 0.717) is 11.6 Å².